The van der Waals surface area contributed by atoms with Gasteiger partial charge in [0.05, 0.1) is 18.7 Å². The molecule has 4 rings (SSSR count). The number of hydrogen-bond donors (Lipinski definition) is 2. The molecule has 156 valence electrons. The maximum atomic E-state index is 12.8. The summed E-state index contributed by atoms with van der Waals surface area (Å²) in [5.41, 5.74) is 3.76. The number of likely N-dealkylation sites (tertiary alicyclic amines) is 1. The van der Waals surface area contributed by atoms with Gasteiger partial charge in [-0.25, -0.2) is 0 Å². The molecule has 2 N–H and O–H groups in total. The van der Waals surface area contributed by atoms with Crippen molar-refractivity contribution in [3.8, 4) is 0 Å². The van der Waals surface area contributed by atoms with E-state index in [1.54, 1.807) is 0 Å². The molecule has 1 aromatic rings. The van der Waals surface area contributed by atoms with Gasteiger partial charge in [-0.2, -0.15) is 0 Å². The zero-order chi connectivity index (χ0) is 20.4. The van der Waals surface area contributed by atoms with E-state index in [0.29, 0.717) is 6.54 Å². The number of nitrogens with zero attached hydrogens (tertiary/aromatic N) is 1. The minimum atomic E-state index is -0.232. The van der Waals surface area contributed by atoms with Crippen molar-refractivity contribution in [3.05, 3.63) is 41.5 Å². The summed E-state index contributed by atoms with van der Waals surface area (Å²) in [6, 6.07) is 8.15. The molecular formula is C23H30N2O4. The minimum absolute atomic E-state index is 0.00119. The molecule has 2 fully saturated rings. The molecular weight excluding hydrogens is 368 g/mol. The molecule has 3 aliphatic rings. The minimum Gasteiger partial charge on any atom is -0.394 e. The number of benzene rings is 1. The average Bonchev–Trinajstić information content (AvgIpc) is 3.42. The van der Waals surface area contributed by atoms with E-state index in [1.807, 2.05) is 4.90 Å². The van der Waals surface area contributed by atoms with Crippen molar-refractivity contribution >= 4 is 17.4 Å². The lowest BCUT2D eigenvalue weighted by atomic mass is 9.74. The number of ether oxygens (including phenoxy) is 1. The second kappa shape index (κ2) is 8.67. The fraction of sp³-hybridized carbons (Fsp3) is 0.565. The first-order valence-corrected chi connectivity index (χ1v) is 10.6. The van der Waals surface area contributed by atoms with Crippen LogP contribution in [0.2, 0.25) is 0 Å². The van der Waals surface area contributed by atoms with Crippen LogP contribution >= 0.6 is 0 Å². The van der Waals surface area contributed by atoms with E-state index in [4.69, 9.17) is 4.74 Å². The number of rotatable bonds is 8. The third-order valence-electron chi connectivity index (χ3n) is 6.40. The van der Waals surface area contributed by atoms with Gasteiger partial charge in [0, 0.05) is 25.5 Å². The van der Waals surface area contributed by atoms with Gasteiger partial charge in [-0.3, -0.25) is 9.59 Å². The van der Waals surface area contributed by atoms with Crippen LogP contribution in [-0.4, -0.2) is 60.8 Å². The van der Waals surface area contributed by atoms with E-state index in [1.165, 1.54) is 24.7 Å². The molecule has 0 aromatic heterocycles. The number of carbonyl (C=O) groups excluding carboxylic acids is 2. The number of aliphatic hydroxyl groups excluding tert-OH is 1. The second-order valence-corrected chi connectivity index (χ2v) is 8.34. The van der Waals surface area contributed by atoms with Crippen LogP contribution in [0.15, 0.2) is 30.3 Å². The average molecular weight is 399 g/mol. The van der Waals surface area contributed by atoms with Crippen molar-refractivity contribution < 1.29 is 19.4 Å². The third kappa shape index (κ3) is 4.09. The molecule has 1 heterocycles. The SMILES string of the molecule is COCC(=O)NC[C@@H]1[C@H](c2ccc(C3=CCCC3)cc2)[C@@H](CO)N1C(=O)C1CC1. The van der Waals surface area contributed by atoms with Gasteiger partial charge in [-0.1, -0.05) is 30.3 Å². The Morgan fingerprint density at radius 1 is 1.21 bits per heavy atom. The van der Waals surface area contributed by atoms with Gasteiger partial charge in [-0.15, -0.1) is 0 Å². The van der Waals surface area contributed by atoms with Crippen LogP contribution in [0.5, 0.6) is 0 Å². The molecule has 0 unspecified atom stereocenters. The second-order valence-electron chi connectivity index (χ2n) is 8.34. The summed E-state index contributed by atoms with van der Waals surface area (Å²) in [6.45, 7) is 0.300. The molecule has 0 radical (unpaired) electrons. The van der Waals surface area contributed by atoms with Gasteiger partial charge in [0.15, 0.2) is 0 Å². The topological polar surface area (TPSA) is 78.9 Å². The Hall–Kier alpha value is -2.18. The standard InChI is InChI=1S/C23H30N2O4/c1-29-14-21(27)24-12-19-22(20(13-26)25(19)23(28)18-10-11-18)17-8-6-16(7-9-17)15-4-2-3-5-15/h4,6-9,18-20,22,26H,2-3,5,10-14H2,1H3,(H,24,27)/t19-,20-,22+/m1/s1. The molecule has 2 aliphatic carbocycles. The summed E-state index contributed by atoms with van der Waals surface area (Å²) in [5.74, 6) is 0.0102. The first kappa shape index (κ1) is 20.1. The third-order valence-corrected chi connectivity index (χ3v) is 6.40. The predicted molar refractivity (Wildman–Crippen MR) is 110 cm³/mol. The molecule has 1 saturated carbocycles. The lowest BCUT2D eigenvalue weighted by Crippen LogP contribution is -2.69. The number of hydrogen-bond acceptors (Lipinski definition) is 4. The largest absolute Gasteiger partial charge is 0.394 e. The van der Waals surface area contributed by atoms with Crippen molar-refractivity contribution in [2.45, 2.75) is 50.1 Å². The van der Waals surface area contributed by atoms with Crippen LogP contribution in [-0.2, 0) is 14.3 Å². The predicted octanol–water partition coefficient (Wildman–Crippen LogP) is 2.08. The number of methoxy groups -OCH3 is 1. The Morgan fingerprint density at radius 3 is 2.55 bits per heavy atom. The van der Waals surface area contributed by atoms with Gasteiger partial charge >= 0.3 is 0 Å². The molecule has 1 aromatic carbocycles. The van der Waals surface area contributed by atoms with Gasteiger partial charge in [0.1, 0.15) is 6.61 Å². The van der Waals surface area contributed by atoms with E-state index in [9.17, 15) is 14.7 Å². The number of amides is 2. The van der Waals surface area contributed by atoms with Crippen LogP contribution in [0.4, 0.5) is 0 Å². The van der Waals surface area contributed by atoms with Crippen LogP contribution in [0.1, 0.15) is 49.1 Å². The fourth-order valence-electron chi connectivity index (χ4n) is 4.74. The van der Waals surface area contributed by atoms with E-state index >= 15 is 0 Å². The smallest absolute Gasteiger partial charge is 0.246 e. The zero-order valence-electron chi connectivity index (χ0n) is 17.0. The molecule has 1 saturated heterocycles. The monoisotopic (exact) mass is 398 g/mol. The summed E-state index contributed by atoms with van der Waals surface area (Å²) in [4.78, 5) is 26.5. The molecule has 29 heavy (non-hydrogen) atoms. The van der Waals surface area contributed by atoms with Crippen molar-refractivity contribution in [1.82, 2.24) is 10.2 Å². The van der Waals surface area contributed by atoms with E-state index in [-0.39, 0.29) is 48.9 Å². The van der Waals surface area contributed by atoms with Crippen LogP contribution < -0.4 is 5.32 Å². The van der Waals surface area contributed by atoms with Crippen molar-refractivity contribution in [3.63, 3.8) is 0 Å². The Balaban J connectivity index is 1.53. The Morgan fingerprint density at radius 2 is 1.97 bits per heavy atom. The number of nitrogens with one attached hydrogen (secondary N) is 1. The molecule has 0 bridgehead atoms. The molecule has 6 heteroatoms. The van der Waals surface area contributed by atoms with Gasteiger partial charge in [0.2, 0.25) is 11.8 Å². The number of allylic oxidation sites excluding steroid dienone is 2. The Labute approximate surface area is 171 Å². The molecule has 3 atom stereocenters. The highest BCUT2D eigenvalue weighted by molar-refractivity contribution is 5.83. The van der Waals surface area contributed by atoms with Crippen molar-refractivity contribution in [1.29, 1.82) is 0 Å². The highest BCUT2D eigenvalue weighted by Gasteiger charge is 2.53. The summed E-state index contributed by atoms with van der Waals surface area (Å²) >= 11 is 0. The first-order chi connectivity index (χ1) is 14.1. The summed E-state index contributed by atoms with van der Waals surface area (Å²) in [5, 5.41) is 12.9. The lowest BCUT2D eigenvalue weighted by molar-refractivity contribution is -0.152. The van der Waals surface area contributed by atoms with E-state index < -0.39 is 0 Å². The number of aliphatic hydroxyl groups is 1. The Bertz CT molecular complexity index is 785. The molecule has 2 amide bonds. The summed E-state index contributed by atoms with van der Waals surface area (Å²) < 4.78 is 4.89. The lowest BCUT2D eigenvalue weighted by Gasteiger charge is -2.55. The highest BCUT2D eigenvalue weighted by Crippen LogP contribution is 2.44. The number of carbonyl (C=O) groups is 2. The van der Waals surface area contributed by atoms with Crippen LogP contribution in [0.25, 0.3) is 5.57 Å². The van der Waals surface area contributed by atoms with Crippen molar-refractivity contribution in [2.75, 3.05) is 26.9 Å². The van der Waals surface area contributed by atoms with Gasteiger partial charge in [-0.05, 0) is 48.8 Å². The van der Waals surface area contributed by atoms with E-state index in [0.717, 1.165) is 31.2 Å². The molecule has 6 nitrogen and oxygen atoms in total. The first-order valence-electron chi connectivity index (χ1n) is 10.6. The van der Waals surface area contributed by atoms with Crippen molar-refractivity contribution in [2.24, 2.45) is 5.92 Å². The summed E-state index contributed by atoms with van der Waals surface area (Å²) in [6.07, 6.45) is 7.63. The normalized spacial score (nSPS) is 26.1. The van der Waals surface area contributed by atoms with Crippen LogP contribution in [0, 0.1) is 5.92 Å². The van der Waals surface area contributed by atoms with Gasteiger partial charge < -0.3 is 20.1 Å². The van der Waals surface area contributed by atoms with Gasteiger partial charge in [0.25, 0.3) is 0 Å². The van der Waals surface area contributed by atoms with E-state index in [2.05, 4.69) is 35.7 Å². The summed E-state index contributed by atoms with van der Waals surface area (Å²) in [7, 11) is 1.48. The zero-order valence-corrected chi connectivity index (χ0v) is 17.0. The quantitative estimate of drug-likeness (QED) is 0.703. The molecule has 0 spiro atoms. The maximum Gasteiger partial charge on any atom is 0.246 e. The Kier molecular flexibility index (Phi) is 6.01. The maximum absolute atomic E-state index is 12.8. The molecule has 1 aliphatic heterocycles. The highest BCUT2D eigenvalue weighted by atomic mass is 16.5. The van der Waals surface area contributed by atoms with Crippen LogP contribution in [0.3, 0.4) is 0 Å². The fourth-order valence-corrected chi connectivity index (χ4v) is 4.74.